The van der Waals surface area contributed by atoms with E-state index < -0.39 is 0 Å². The Morgan fingerprint density at radius 3 is 2.58 bits per heavy atom. The van der Waals surface area contributed by atoms with E-state index in [1.807, 2.05) is 54.6 Å². The SMILES string of the molecule is O=C(Oc1ccc2ccccc2c1)c1cccc2c1N[C@H](c1ccc(Br)cc1)[C@@H]1CC=C[C@H]21. The molecule has 1 heterocycles. The lowest BCUT2D eigenvalue weighted by molar-refractivity contribution is 0.0735. The summed E-state index contributed by atoms with van der Waals surface area (Å²) in [4.78, 5) is 13.3. The number of esters is 1. The lowest BCUT2D eigenvalue weighted by atomic mass is 9.76. The Morgan fingerprint density at radius 1 is 0.909 bits per heavy atom. The molecular weight excluding hydrogens is 474 g/mol. The molecular formula is C29H22BrNO2. The van der Waals surface area contributed by atoms with E-state index in [9.17, 15) is 4.79 Å². The molecule has 1 aliphatic heterocycles. The number of allylic oxidation sites excluding steroid dienone is 2. The molecule has 4 heteroatoms. The van der Waals surface area contributed by atoms with E-state index in [4.69, 9.17) is 4.74 Å². The molecule has 1 aliphatic carbocycles. The van der Waals surface area contributed by atoms with Gasteiger partial charge < -0.3 is 10.1 Å². The zero-order chi connectivity index (χ0) is 22.4. The number of ether oxygens (including phenoxy) is 1. The highest BCUT2D eigenvalue weighted by Crippen LogP contribution is 2.50. The fraction of sp³-hybridized carbons (Fsp3) is 0.138. The zero-order valence-corrected chi connectivity index (χ0v) is 19.5. The summed E-state index contributed by atoms with van der Waals surface area (Å²) in [7, 11) is 0. The summed E-state index contributed by atoms with van der Waals surface area (Å²) in [6.45, 7) is 0. The van der Waals surface area contributed by atoms with Gasteiger partial charge in [-0.3, -0.25) is 0 Å². The first-order valence-electron chi connectivity index (χ1n) is 11.2. The number of nitrogens with one attached hydrogen (secondary N) is 1. The maximum Gasteiger partial charge on any atom is 0.345 e. The third kappa shape index (κ3) is 3.65. The Hall–Kier alpha value is -3.37. The molecule has 0 unspecified atom stereocenters. The van der Waals surface area contributed by atoms with Gasteiger partial charge in [0.2, 0.25) is 0 Å². The van der Waals surface area contributed by atoms with Crippen LogP contribution in [0.4, 0.5) is 5.69 Å². The van der Waals surface area contributed by atoms with Gasteiger partial charge in [0.05, 0.1) is 17.3 Å². The summed E-state index contributed by atoms with van der Waals surface area (Å²) in [6, 6.07) is 28.3. The average Bonchev–Trinajstić information content (AvgIpc) is 3.34. The number of carbonyl (C=O) groups excluding carboxylic acids is 1. The molecule has 0 spiro atoms. The van der Waals surface area contributed by atoms with E-state index in [1.54, 1.807) is 0 Å². The largest absolute Gasteiger partial charge is 0.423 e. The van der Waals surface area contributed by atoms with Crippen molar-refractivity contribution in [1.82, 2.24) is 0 Å². The first kappa shape index (κ1) is 20.3. The van der Waals surface area contributed by atoms with Crippen LogP contribution in [0, 0.1) is 5.92 Å². The van der Waals surface area contributed by atoms with Crippen molar-refractivity contribution in [3.05, 3.63) is 118 Å². The Labute approximate surface area is 201 Å². The third-order valence-corrected chi connectivity index (χ3v) is 7.31. The minimum Gasteiger partial charge on any atom is -0.423 e. The van der Waals surface area contributed by atoms with Crippen molar-refractivity contribution < 1.29 is 9.53 Å². The first-order chi connectivity index (χ1) is 16.2. The molecule has 6 rings (SSSR count). The van der Waals surface area contributed by atoms with E-state index in [1.165, 1.54) is 5.56 Å². The van der Waals surface area contributed by atoms with Gasteiger partial charge in [0, 0.05) is 10.4 Å². The molecule has 4 aromatic rings. The molecule has 33 heavy (non-hydrogen) atoms. The van der Waals surface area contributed by atoms with Gasteiger partial charge in [-0.2, -0.15) is 0 Å². The smallest absolute Gasteiger partial charge is 0.345 e. The summed E-state index contributed by atoms with van der Waals surface area (Å²) in [5.74, 6) is 0.911. The summed E-state index contributed by atoms with van der Waals surface area (Å²) < 4.78 is 6.90. The minimum atomic E-state index is -0.343. The number of anilines is 1. The molecule has 0 bridgehead atoms. The number of rotatable bonds is 3. The molecule has 1 N–H and O–H groups in total. The van der Waals surface area contributed by atoms with Gasteiger partial charge >= 0.3 is 5.97 Å². The van der Waals surface area contributed by atoms with Crippen LogP contribution in [0.3, 0.4) is 0 Å². The highest BCUT2D eigenvalue weighted by molar-refractivity contribution is 9.10. The van der Waals surface area contributed by atoms with E-state index in [2.05, 4.69) is 63.7 Å². The fourth-order valence-electron chi connectivity index (χ4n) is 5.18. The van der Waals surface area contributed by atoms with Crippen molar-refractivity contribution in [2.24, 2.45) is 5.92 Å². The Kier molecular flexibility index (Phi) is 5.03. The molecule has 0 saturated heterocycles. The maximum absolute atomic E-state index is 13.3. The fourth-order valence-corrected chi connectivity index (χ4v) is 5.45. The monoisotopic (exact) mass is 495 g/mol. The summed E-state index contributed by atoms with van der Waals surface area (Å²) in [5.41, 5.74) is 3.83. The van der Waals surface area contributed by atoms with Crippen molar-refractivity contribution in [2.75, 3.05) is 5.32 Å². The topological polar surface area (TPSA) is 38.3 Å². The molecule has 0 aromatic heterocycles. The molecule has 4 aromatic carbocycles. The van der Waals surface area contributed by atoms with Crippen LogP contribution in [-0.4, -0.2) is 5.97 Å². The van der Waals surface area contributed by atoms with Crippen LogP contribution in [0.5, 0.6) is 5.75 Å². The van der Waals surface area contributed by atoms with Crippen molar-refractivity contribution in [3.63, 3.8) is 0 Å². The molecule has 3 atom stereocenters. The maximum atomic E-state index is 13.3. The second kappa shape index (κ2) is 8.20. The van der Waals surface area contributed by atoms with Gasteiger partial charge in [-0.05, 0) is 64.6 Å². The van der Waals surface area contributed by atoms with Gasteiger partial charge in [0.25, 0.3) is 0 Å². The molecule has 162 valence electrons. The number of para-hydroxylation sites is 1. The Bertz CT molecular complexity index is 1390. The van der Waals surface area contributed by atoms with E-state index in [0.29, 0.717) is 17.2 Å². The number of hydrogen-bond acceptors (Lipinski definition) is 3. The number of halogens is 1. The number of benzene rings is 4. The van der Waals surface area contributed by atoms with Crippen LogP contribution in [0.25, 0.3) is 10.8 Å². The van der Waals surface area contributed by atoms with Gasteiger partial charge in [0.15, 0.2) is 0 Å². The molecule has 0 fully saturated rings. The average molecular weight is 496 g/mol. The predicted octanol–water partition coefficient (Wildman–Crippen LogP) is 7.65. The standard InChI is InChI=1S/C29H22BrNO2/c30-21-14-11-19(12-15-21)27-24-8-3-7-23(24)25-9-4-10-26(28(25)31-27)29(32)33-22-16-13-18-5-1-2-6-20(18)17-22/h1-7,9-17,23-24,27,31H,8H2/t23-,24+,27+/m0/s1. The molecule has 0 radical (unpaired) electrons. The van der Waals surface area contributed by atoms with Gasteiger partial charge in [-0.1, -0.05) is 82.7 Å². The van der Waals surface area contributed by atoms with E-state index in [0.717, 1.165) is 32.9 Å². The zero-order valence-electron chi connectivity index (χ0n) is 17.9. The Balaban J connectivity index is 1.36. The molecule has 0 saturated carbocycles. The molecule has 3 nitrogen and oxygen atoms in total. The quantitative estimate of drug-likeness (QED) is 0.180. The Morgan fingerprint density at radius 2 is 1.73 bits per heavy atom. The highest BCUT2D eigenvalue weighted by Gasteiger charge is 2.39. The number of fused-ring (bicyclic) bond motifs is 4. The van der Waals surface area contributed by atoms with Crippen molar-refractivity contribution in [3.8, 4) is 5.75 Å². The first-order valence-corrected chi connectivity index (χ1v) is 12.0. The summed E-state index contributed by atoms with van der Waals surface area (Å²) >= 11 is 3.53. The van der Waals surface area contributed by atoms with Gasteiger partial charge in [-0.25, -0.2) is 4.79 Å². The summed E-state index contributed by atoms with van der Waals surface area (Å²) in [5, 5.41) is 5.88. The second-order valence-corrected chi connectivity index (χ2v) is 9.61. The van der Waals surface area contributed by atoms with Crippen LogP contribution in [0.15, 0.2) is 102 Å². The van der Waals surface area contributed by atoms with Crippen LogP contribution in [-0.2, 0) is 0 Å². The number of carbonyl (C=O) groups is 1. The van der Waals surface area contributed by atoms with Crippen molar-refractivity contribution in [1.29, 1.82) is 0 Å². The minimum absolute atomic E-state index is 0.125. The van der Waals surface area contributed by atoms with Crippen molar-refractivity contribution >= 4 is 38.4 Å². The normalized spacial score (nSPS) is 20.7. The predicted molar refractivity (Wildman–Crippen MR) is 136 cm³/mol. The van der Waals surface area contributed by atoms with Crippen molar-refractivity contribution in [2.45, 2.75) is 18.4 Å². The van der Waals surface area contributed by atoms with Gasteiger partial charge in [0.1, 0.15) is 5.75 Å². The van der Waals surface area contributed by atoms with Crippen LogP contribution in [0.1, 0.15) is 39.9 Å². The molecule has 0 amide bonds. The van der Waals surface area contributed by atoms with E-state index in [-0.39, 0.29) is 17.9 Å². The second-order valence-electron chi connectivity index (χ2n) is 8.70. The van der Waals surface area contributed by atoms with Crippen LogP contribution >= 0.6 is 15.9 Å². The van der Waals surface area contributed by atoms with Gasteiger partial charge in [-0.15, -0.1) is 0 Å². The highest BCUT2D eigenvalue weighted by atomic mass is 79.9. The lowest BCUT2D eigenvalue weighted by Crippen LogP contribution is -2.30. The van der Waals surface area contributed by atoms with Crippen LogP contribution < -0.4 is 10.1 Å². The number of hydrogen-bond donors (Lipinski definition) is 1. The van der Waals surface area contributed by atoms with Crippen LogP contribution in [0.2, 0.25) is 0 Å². The van der Waals surface area contributed by atoms with E-state index >= 15 is 0 Å². The molecule has 2 aliphatic rings. The summed E-state index contributed by atoms with van der Waals surface area (Å²) in [6.07, 6.45) is 5.57. The third-order valence-electron chi connectivity index (χ3n) is 6.78. The lowest BCUT2D eigenvalue weighted by Gasteiger charge is -2.38.